The number of carbonyl (C=O) groups excluding carboxylic acids is 3. The lowest BCUT2D eigenvalue weighted by molar-refractivity contribution is -0.167. The minimum absolute atomic E-state index is 0.0665. The fourth-order valence-corrected chi connectivity index (χ4v) is 6.19. The van der Waals surface area contributed by atoms with Crippen molar-refractivity contribution in [3.05, 3.63) is 0 Å². The van der Waals surface area contributed by atoms with Crippen LogP contribution in [0.1, 0.15) is 227 Å². The van der Waals surface area contributed by atoms with Crippen LogP contribution in [0.2, 0.25) is 0 Å². The molecule has 0 N–H and O–H groups in total. The highest BCUT2D eigenvalue weighted by Crippen LogP contribution is 2.16. The molecule has 0 aliphatic rings. The molecule has 6 heteroatoms. The second kappa shape index (κ2) is 36.2. The van der Waals surface area contributed by atoms with Crippen LogP contribution in [-0.2, 0) is 28.6 Å². The van der Waals surface area contributed by atoms with Crippen LogP contribution in [0.3, 0.4) is 0 Å². The van der Waals surface area contributed by atoms with Gasteiger partial charge in [0, 0.05) is 19.3 Å². The summed E-state index contributed by atoms with van der Waals surface area (Å²) in [5.74, 6) is 0.739. The molecule has 0 fully saturated rings. The highest BCUT2D eigenvalue weighted by Gasteiger charge is 2.19. The Morgan fingerprint density at radius 1 is 0.429 bits per heavy atom. The molecule has 0 aromatic rings. The smallest absolute Gasteiger partial charge is 0.306 e. The summed E-state index contributed by atoms with van der Waals surface area (Å²) < 4.78 is 16.6. The summed E-state index contributed by atoms with van der Waals surface area (Å²) in [5, 5.41) is 0. The van der Waals surface area contributed by atoms with E-state index in [-0.39, 0.29) is 31.1 Å². The van der Waals surface area contributed by atoms with E-state index in [4.69, 9.17) is 14.2 Å². The van der Waals surface area contributed by atoms with Gasteiger partial charge in [0.2, 0.25) is 0 Å². The van der Waals surface area contributed by atoms with Crippen molar-refractivity contribution in [1.29, 1.82) is 0 Å². The fraction of sp³-hybridized carbons (Fsp3) is 0.930. The first-order chi connectivity index (χ1) is 23.8. The molecule has 0 saturated carbocycles. The lowest BCUT2D eigenvalue weighted by Gasteiger charge is -2.18. The highest BCUT2D eigenvalue weighted by atomic mass is 16.6. The van der Waals surface area contributed by atoms with Gasteiger partial charge >= 0.3 is 17.9 Å². The number of carbonyl (C=O) groups is 3. The summed E-state index contributed by atoms with van der Waals surface area (Å²) in [6, 6.07) is 0. The number of ether oxygens (including phenoxy) is 3. The van der Waals surface area contributed by atoms with Crippen LogP contribution in [-0.4, -0.2) is 37.2 Å². The Labute approximate surface area is 304 Å². The Balaban J connectivity index is 4.36. The van der Waals surface area contributed by atoms with Crippen LogP contribution < -0.4 is 0 Å². The summed E-state index contributed by atoms with van der Waals surface area (Å²) in [7, 11) is 0. The molecule has 0 amide bonds. The summed E-state index contributed by atoms with van der Waals surface area (Å²) in [5.41, 5.74) is 0. The van der Waals surface area contributed by atoms with E-state index in [0.29, 0.717) is 19.3 Å². The molecular weight excluding hydrogens is 612 g/mol. The second-order valence-corrected chi connectivity index (χ2v) is 15.3. The van der Waals surface area contributed by atoms with Crippen LogP contribution in [0, 0.1) is 11.8 Å². The number of esters is 3. The largest absolute Gasteiger partial charge is 0.462 e. The highest BCUT2D eigenvalue weighted by molar-refractivity contribution is 5.71. The van der Waals surface area contributed by atoms with E-state index in [1.807, 2.05) is 0 Å². The van der Waals surface area contributed by atoms with Crippen LogP contribution >= 0.6 is 0 Å². The van der Waals surface area contributed by atoms with Crippen LogP contribution in [0.5, 0.6) is 0 Å². The van der Waals surface area contributed by atoms with Crippen LogP contribution in [0.25, 0.3) is 0 Å². The Kier molecular flexibility index (Phi) is 35.0. The summed E-state index contributed by atoms with van der Waals surface area (Å²) in [4.78, 5) is 37.5. The summed E-state index contributed by atoms with van der Waals surface area (Å²) in [6.45, 7) is 11.2. The van der Waals surface area contributed by atoms with E-state index < -0.39 is 6.10 Å². The molecule has 0 heterocycles. The maximum atomic E-state index is 12.6. The number of rotatable bonds is 37. The predicted molar refractivity (Wildman–Crippen MR) is 206 cm³/mol. The quantitative estimate of drug-likeness (QED) is 0.0366. The van der Waals surface area contributed by atoms with Gasteiger partial charge in [0.15, 0.2) is 6.10 Å². The van der Waals surface area contributed by atoms with Crippen molar-refractivity contribution in [3.8, 4) is 0 Å². The lowest BCUT2D eigenvalue weighted by atomic mass is 10.00. The second-order valence-electron chi connectivity index (χ2n) is 15.3. The zero-order valence-electron chi connectivity index (χ0n) is 33.3. The maximum Gasteiger partial charge on any atom is 0.306 e. The molecule has 0 spiro atoms. The molecule has 0 aromatic carbocycles. The predicted octanol–water partition coefficient (Wildman–Crippen LogP) is 13.0. The first-order valence-electron chi connectivity index (χ1n) is 21.3. The van der Waals surface area contributed by atoms with Gasteiger partial charge in [-0.2, -0.15) is 0 Å². The standard InChI is InChI=1S/C43H82O6/c1-6-8-9-10-11-12-13-17-23-28-33-41(44)47-36-40(49-43(46)35-30-25-20-19-22-27-32-39(5)7-2)37-48-42(45)34-29-24-18-15-14-16-21-26-31-38(3)4/h38-40H,6-37H2,1-5H3/t39?,40-/m0/s1. The van der Waals surface area contributed by atoms with Crippen LogP contribution in [0.4, 0.5) is 0 Å². The first-order valence-corrected chi connectivity index (χ1v) is 21.3. The van der Waals surface area contributed by atoms with Gasteiger partial charge in [-0.1, -0.05) is 189 Å². The van der Waals surface area contributed by atoms with Crippen molar-refractivity contribution in [1.82, 2.24) is 0 Å². The van der Waals surface area contributed by atoms with E-state index >= 15 is 0 Å². The topological polar surface area (TPSA) is 78.9 Å². The molecule has 2 atom stereocenters. The minimum Gasteiger partial charge on any atom is -0.462 e. The van der Waals surface area contributed by atoms with Crippen molar-refractivity contribution < 1.29 is 28.6 Å². The Morgan fingerprint density at radius 2 is 0.776 bits per heavy atom. The molecule has 0 saturated heterocycles. The molecule has 0 rings (SSSR count). The Morgan fingerprint density at radius 3 is 1.16 bits per heavy atom. The molecule has 0 aliphatic heterocycles. The lowest BCUT2D eigenvalue weighted by Crippen LogP contribution is -2.30. The zero-order chi connectivity index (χ0) is 36.2. The van der Waals surface area contributed by atoms with Crippen molar-refractivity contribution in [2.24, 2.45) is 11.8 Å². The van der Waals surface area contributed by atoms with Gasteiger partial charge < -0.3 is 14.2 Å². The third-order valence-electron chi connectivity index (χ3n) is 9.83. The van der Waals surface area contributed by atoms with Gasteiger partial charge in [-0.3, -0.25) is 14.4 Å². The van der Waals surface area contributed by atoms with Gasteiger partial charge in [0.25, 0.3) is 0 Å². The average Bonchev–Trinajstić information content (AvgIpc) is 3.08. The summed E-state index contributed by atoms with van der Waals surface area (Å²) >= 11 is 0. The van der Waals surface area contributed by atoms with Gasteiger partial charge in [-0.15, -0.1) is 0 Å². The molecule has 0 radical (unpaired) electrons. The van der Waals surface area contributed by atoms with Crippen molar-refractivity contribution in [2.75, 3.05) is 13.2 Å². The van der Waals surface area contributed by atoms with Crippen molar-refractivity contribution in [3.63, 3.8) is 0 Å². The molecule has 6 nitrogen and oxygen atoms in total. The van der Waals surface area contributed by atoms with Gasteiger partial charge in [-0.05, 0) is 31.1 Å². The van der Waals surface area contributed by atoms with Gasteiger partial charge in [0.05, 0.1) is 0 Å². The maximum absolute atomic E-state index is 12.6. The summed E-state index contributed by atoms with van der Waals surface area (Å²) in [6.07, 6.45) is 32.3. The van der Waals surface area contributed by atoms with E-state index in [9.17, 15) is 14.4 Å². The number of hydrogen-bond acceptors (Lipinski definition) is 6. The van der Waals surface area contributed by atoms with E-state index in [0.717, 1.165) is 69.6 Å². The fourth-order valence-electron chi connectivity index (χ4n) is 6.19. The molecule has 0 bridgehead atoms. The first kappa shape index (κ1) is 47.4. The van der Waals surface area contributed by atoms with E-state index in [1.54, 1.807) is 0 Å². The van der Waals surface area contributed by atoms with E-state index in [1.165, 1.54) is 116 Å². The van der Waals surface area contributed by atoms with Gasteiger partial charge in [-0.25, -0.2) is 0 Å². The normalized spacial score (nSPS) is 12.6. The minimum atomic E-state index is -0.760. The third kappa shape index (κ3) is 36.0. The monoisotopic (exact) mass is 695 g/mol. The van der Waals surface area contributed by atoms with E-state index in [2.05, 4.69) is 34.6 Å². The average molecular weight is 695 g/mol. The SMILES string of the molecule is CCCCCCCCCCCCC(=O)OC[C@@H](COC(=O)CCCCCCCCCCC(C)C)OC(=O)CCCCCCCCC(C)CC. The number of hydrogen-bond donors (Lipinski definition) is 0. The Hall–Kier alpha value is -1.59. The molecular formula is C43H82O6. The third-order valence-corrected chi connectivity index (χ3v) is 9.83. The van der Waals surface area contributed by atoms with Crippen LogP contribution in [0.15, 0.2) is 0 Å². The molecule has 290 valence electrons. The number of unbranched alkanes of at least 4 members (excludes halogenated alkanes) is 21. The zero-order valence-corrected chi connectivity index (χ0v) is 33.3. The molecule has 0 aliphatic carbocycles. The Bertz CT molecular complexity index is 751. The van der Waals surface area contributed by atoms with Crippen molar-refractivity contribution in [2.45, 2.75) is 233 Å². The van der Waals surface area contributed by atoms with Gasteiger partial charge in [0.1, 0.15) is 13.2 Å². The van der Waals surface area contributed by atoms with Crippen molar-refractivity contribution >= 4 is 17.9 Å². The molecule has 1 unspecified atom stereocenters. The molecule has 49 heavy (non-hydrogen) atoms. The molecule has 0 aromatic heterocycles.